The predicted octanol–water partition coefficient (Wildman–Crippen LogP) is 3.47. The fourth-order valence-corrected chi connectivity index (χ4v) is 5.44. The van der Waals surface area contributed by atoms with Crippen LogP contribution in [0.2, 0.25) is 0 Å². The van der Waals surface area contributed by atoms with Crippen LogP contribution in [0.15, 0.2) is 82.6 Å². The molecule has 0 bridgehead atoms. The van der Waals surface area contributed by atoms with Gasteiger partial charge in [-0.05, 0) is 42.0 Å². The minimum Gasteiger partial charge on any atom is -0.475 e. The molecule has 1 N–H and O–H groups in total. The summed E-state index contributed by atoms with van der Waals surface area (Å²) in [6.45, 7) is 0.0858. The summed E-state index contributed by atoms with van der Waals surface area (Å²) >= 11 is 0. The molecule has 2 nitrogen and oxygen atoms in total. The van der Waals surface area contributed by atoms with E-state index in [1.807, 2.05) is 18.2 Å². The number of benzene rings is 2. The third kappa shape index (κ3) is 2.27. The highest BCUT2D eigenvalue weighted by Crippen LogP contribution is 2.42. The molecule has 3 atom stereocenters. The van der Waals surface area contributed by atoms with E-state index in [4.69, 9.17) is 4.74 Å². The molecule has 1 heterocycles. The van der Waals surface area contributed by atoms with Gasteiger partial charge in [0.1, 0.15) is 0 Å². The van der Waals surface area contributed by atoms with Crippen LogP contribution in [0, 0.1) is 0 Å². The number of rotatable bonds is 2. The summed E-state index contributed by atoms with van der Waals surface area (Å²) in [5.74, 6) is 0.985. The van der Waals surface area contributed by atoms with Crippen molar-refractivity contribution in [3.05, 3.63) is 78.4 Å². The molecule has 2 aliphatic rings. The van der Waals surface area contributed by atoms with Crippen LogP contribution in [-0.4, -0.2) is 16.5 Å². The maximum atomic E-state index is 9.25. The molecule has 2 aromatic carbocycles. The van der Waals surface area contributed by atoms with Crippen molar-refractivity contribution in [2.24, 2.45) is 0 Å². The van der Waals surface area contributed by atoms with Gasteiger partial charge in [0.2, 0.25) is 4.90 Å². The quantitative estimate of drug-likeness (QED) is 0.861. The molecule has 0 spiro atoms. The van der Waals surface area contributed by atoms with E-state index in [2.05, 4.69) is 54.6 Å². The summed E-state index contributed by atoms with van der Waals surface area (Å²) < 4.78 is 6.16. The van der Waals surface area contributed by atoms with Crippen molar-refractivity contribution in [2.75, 3.05) is 0 Å². The lowest BCUT2D eigenvalue weighted by molar-refractivity contribution is 0.242. The Kier molecular flexibility index (Phi) is 3.53. The van der Waals surface area contributed by atoms with Gasteiger partial charge in [0.05, 0.1) is 17.5 Å². The van der Waals surface area contributed by atoms with Gasteiger partial charge in [-0.25, -0.2) is 0 Å². The molecule has 4 rings (SSSR count). The van der Waals surface area contributed by atoms with Crippen LogP contribution >= 0.6 is 0 Å². The second kappa shape index (κ2) is 5.67. The fourth-order valence-electron chi connectivity index (χ4n) is 2.93. The third-order valence-electron chi connectivity index (χ3n) is 4.02. The number of ether oxygens (including phenoxy) is 1. The van der Waals surface area contributed by atoms with Crippen molar-refractivity contribution in [1.29, 1.82) is 0 Å². The molecule has 3 unspecified atom stereocenters. The van der Waals surface area contributed by atoms with Crippen LogP contribution in [0.5, 0.6) is 5.75 Å². The summed E-state index contributed by atoms with van der Waals surface area (Å²) in [6, 6.07) is 16.6. The molecule has 0 saturated carbocycles. The number of para-hydroxylation sites is 1. The van der Waals surface area contributed by atoms with Gasteiger partial charge in [-0.1, -0.05) is 36.4 Å². The molecule has 0 aromatic heterocycles. The van der Waals surface area contributed by atoms with Crippen molar-refractivity contribution in [3.8, 4) is 5.75 Å². The number of fused-ring (bicyclic) bond motifs is 2. The zero-order valence-corrected chi connectivity index (χ0v) is 12.9. The molecule has 0 amide bonds. The third-order valence-corrected chi connectivity index (χ3v) is 6.58. The largest absolute Gasteiger partial charge is 0.475 e. The standard InChI is InChI=1S/C19H17O2S/c20-13-14-9-11-15(12-10-14)22-18-7-3-1-5-16(18)21-17-6-2-4-8-19(17)22/h1-12,16,18,20H,13H2/q+1. The normalized spacial score (nSPS) is 25.2. The molecule has 1 aliphatic carbocycles. The number of hydrogen-bond donors (Lipinski definition) is 1. The summed E-state index contributed by atoms with van der Waals surface area (Å²) in [4.78, 5) is 2.56. The predicted molar refractivity (Wildman–Crippen MR) is 89.2 cm³/mol. The summed E-state index contributed by atoms with van der Waals surface area (Å²) in [6.07, 6.45) is 8.67. The topological polar surface area (TPSA) is 29.5 Å². The van der Waals surface area contributed by atoms with Crippen LogP contribution in [0.25, 0.3) is 0 Å². The van der Waals surface area contributed by atoms with Crippen LogP contribution in [0.3, 0.4) is 0 Å². The van der Waals surface area contributed by atoms with Gasteiger partial charge >= 0.3 is 0 Å². The molecule has 0 fully saturated rings. The minimum absolute atomic E-state index is 0.0544. The van der Waals surface area contributed by atoms with Crippen molar-refractivity contribution in [2.45, 2.75) is 27.8 Å². The van der Waals surface area contributed by atoms with E-state index < -0.39 is 0 Å². The summed E-state index contributed by atoms with van der Waals surface area (Å²) in [7, 11) is -0.0544. The van der Waals surface area contributed by atoms with Crippen LogP contribution in [0.4, 0.5) is 0 Å². The highest BCUT2D eigenvalue weighted by atomic mass is 32.2. The Morgan fingerprint density at radius 3 is 2.55 bits per heavy atom. The zero-order chi connectivity index (χ0) is 14.9. The van der Waals surface area contributed by atoms with E-state index in [0.29, 0.717) is 5.25 Å². The first kappa shape index (κ1) is 13.7. The van der Waals surface area contributed by atoms with E-state index >= 15 is 0 Å². The van der Waals surface area contributed by atoms with Crippen LogP contribution in [0.1, 0.15) is 5.56 Å². The number of aliphatic hydroxyl groups is 1. The first-order valence-corrected chi connectivity index (χ1v) is 8.69. The van der Waals surface area contributed by atoms with Crippen molar-refractivity contribution >= 4 is 10.9 Å². The molecule has 0 saturated heterocycles. The van der Waals surface area contributed by atoms with Crippen LogP contribution < -0.4 is 4.74 Å². The Hall–Kier alpha value is -1.97. The molecule has 2 aromatic rings. The first-order chi connectivity index (χ1) is 10.9. The summed E-state index contributed by atoms with van der Waals surface area (Å²) in [5, 5.41) is 9.58. The number of aliphatic hydroxyl groups excluding tert-OH is 1. The second-order valence-corrected chi connectivity index (χ2v) is 7.53. The average molecular weight is 309 g/mol. The summed E-state index contributed by atoms with van der Waals surface area (Å²) in [5.41, 5.74) is 0.949. The SMILES string of the molecule is OCc1ccc([S+]2c3ccccc3OC3C=CC=CC32)cc1. The Bertz CT molecular complexity index is 733. The van der Waals surface area contributed by atoms with E-state index in [1.54, 1.807) is 0 Å². The highest BCUT2D eigenvalue weighted by Gasteiger charge is 2.46. The maximum Gasteiger partial charge on any atom is 0.203 e. The van der Waals surface area contributed by atoms with Crippen molar-refractivity contribution in [1.82, 2.24) is 0 Å². The van der Waals surface area contributed by atoms with Crippen molar-refractivity contribution in [3.63, 3.8) is 0 Å². The first-order valence-electron chi connectivity index (χ1n) is 7.40. The minimum atomic E-state index is -0.0544. The van der Waals surface area contributed by atoms with Gasteiger partial charge < -0.3 is 9.84 Å². The van der Waals surface area contributed by atoms with Gasteiger partial charge in [0.15, 0.2) is 22.0 Å². The smallest absolute Gasteiger partial charge is 0.203 e. The molecule has 0 radical (unpaired) electrons. The Morgan fingerprint density at radius 1 is 0.955 bits per heavy atom. The molecule has 110 valence electrons. The van der Waals surface area contributed by atoms with Gasteiger partial charge in [-0.2, -0.15) is 0 Å². The lowest BCUT2D eigenvalue weighted by Crippen LogP contribution is -2.40. The van der Waals surface area contributed by atoms with E-state index in [9.17, 15) is 5.11 Å². The molecule has 3 heteroatoms. The Labute approximate surface area is 133 Å². The van der Waals surface area contributed by atoms with Crippen molar-refractivity contribution < 1.29 is 9.84 Å². The monoisotopic (exact) mass is 309 g/mol. The number of hydrogen-bond acceptors (Lipinski definition) is 2. The molecular weight excluding hydrogens is 292 g/mol. The Morgan fingerprint density at radius 2 is 1.73 bits per heavy atom. The highest BCUT2D eigenvalue weighted by molar-refractivity contribution is 7.98. The molecular formula is C19H17O2S+. The second-order valence-electron chi connectivity index (χ2n) is 5.40. The fraction of sp³-hybridized carbons (Fsp3) is 0.158. The molecule has 22 heavy (non-hydrogen) atoms. The lowest BCUT2D eigenvalue weighted by atomic mass is 10.1. The van der Waals surface area contributed by atoms with E-state index in [1.165, 1.54) is 9.79 Å². The zero-order valence-electron chi connectivity index (χ0n) is 12.1. The van der Waals surface area contributed by atoms with Gasteiger partial charge in [0.25, 0.3) is 0 Å². The van der Waals surface area contributed by atoms with Gasteiger partial charge in [-0.3, -0.25) is 0 Å². The number of allylic oxidation sites excluding steroid dienone is 2. The van der Waals surface area contributed by atoms with Gasteiger partial charge in [-0.15, -0.1) is 0 Å². The maximum absolute atomic E-state index is 9.25. The lowest BCUT2D eigenvalue weighted by Gasteiger charge is -2.30. The van der Waals surface area contributed by atoms with E-state index in [-0.39, 0.29) is 23.6 Å². The average Bonchev–Trinajstić information content (AvgIpc) is 2.60. The van der Waals surface area contributed by atoms with Gasteiger partial charge in [0, 0.05) is 0 Å². The Balaban J connectivity index is 1.83. The molecule has 1 aliphatic heterocycles. The van der Waals surface area contributed by atoms with E-state index in [0.717, 1.165) is 11.3 Å². The van der Waals surface area contributed by atoms with Crippen LogP contribution in [-0.2, 0) is 17.5 Å².